The summed E-state index contributed by atoms with van der Waals surface area (Å²) < 4.78 is 16.0. The first-order valence-corrected chi connectivity index (χ1v) is 21.2. The van der Waals surface area contributed by atoms with Gasteiger partial charge in [-0.3, -0.25) is 25.2 Å². The smallest absolute Gasteiger partial charge is 0.426 e. The molecule has 55 heavy (non-hydrogen) atoms. The molecule has 4 aliphatic heterocycles. The first-order valence-electron chi connectivity index (χ1n) is 18.2. The van der Waals surface area contributed by atoms with Gasteiger partial charge in [0.15, 0.2) is 0 Å². The van der Waals surface area contributed by atoms with Crippen molar-refractivity contribution < 1.29 is 54.2 Å². The molecule has 4 bridgehead atoms. The molecule has 298 valence electrons. The molecule has 0 saturated carbocycles. The van der Waals surface area contributed by atoms with Gasteiger partial charge < -0.3 is 20.3 Å². The van der Waals surface area contributed by atoms with Crippen LogP contribution in [0.15, 0.2) is 24.3 Å². The van der Waals surface area contributed by atoms with E-state index in [4.69, 9.17) is 10.6 Å². The van der Waals surface area contributed by atoms with E-state index in [1.165, 1.54) is 24.0 Å². The molecule has 0 aromatic heterocycles. The maximum absolute atomic E-state index is 13.0. The number of amides is 4. The van der Waals surface area contributed by atoms with Crippen LogP contribution < -0.4 is 21.5 Å². The first kappa shape index (κ1) is 41.9. The van der Waals surface area contributed by atoms with Gasteiger partial charge in [-0.15, -0.1) is 0 Å². The van der Waals surface area contributed by atoms with Crippen LogP contribution in [0.1, 0.15) is 30.1 Å². The maximum atomic E-state index is 13.0. The van der Waals surface area contributed by atoms with Gasteiger partial charge >= 0.3 is 194 Å². The summed E-state index contributed by atoms with van der Waals surface area (Å²) in [6.45, 7) is 4.66. The van der Waals surface area contributed by atoms with Crippen LogP contribution in [0.4, 0.5) is 5.69 Å². The second kappa shape index (κ2) is 20.1. The van der Waals surface area contributed by atoms with Crippen molar-refractivity contribution in [3.63, 3.8) is 0 Å². The number of carbonyl (C=O) groups excluding carboxylic acids is 7. The second-order valence-electron chi connectivity index (χ2n) is 13.7. The number of hydrazine groups is 1. The van der Waals surface area contributed by atoms with Gasteiger partial charge in [0.1, 0.15) is 6.04 Å². The number of nitrogens with one attached hydrogen (secondary N) is 4. The normalized spacial score (nSPS) is 24.4. The van der Waals surface area contributed by atoms with Crippen molar-refractivity contribution in [1.82, 2.24) is 40.6 Å². The summed E-state index contributed by atoms with van der Waals surface area (Å²) in [4.78, 5) is 98.0. The van der Waals surface area contributed by atoms with Crippen LogP contribution in [-0.4, -0.2) is 204 Å². The van der Waals surface area contributed by atoms with Gasteiger partial charge in [-0.25, -0.2) is 0 Å². The largest absolute Gasteiger partial charge is 0.475 e. The Labute approximate surface area is 324 Å². The molecule has 23 heteroatoms. The molecule has 5 rings (SSSR count). The number of fused-ring (bicyclic) bond motifs is 7. The molecular weight excluding hydrogens is 783 g/mol. The molecule has 4 fully saturated rings. The standard InChI is InChI=1S/C32H50BN9O12.Ga/c1-22(32(52)42-8-2-3-25(42)33(53)54)35-31(51)23-4-6-24(7-5-23)36-37-26(43)17-34-27(44)18-38-9-11-39(19-28(45)46)13-15-41(21-30(49)50)16-14-40(12-10-38)20-29(47)48;/h4-7,22,25,36,53-54H,2-3,8-21H2,1H3,(H,34,44)(H,35,51)(H,37,43)(H,45,46)(H,47,48)(H,49,50);/q;+3/p-3/t22-,25+;/m1./s1. The fourth-order valence-electron chi connectivity index (χ4n) is 6.56. The van der Waals surface area contributed by atoms with E-state index in [0.717, 1.165) is 0 Å². The number of hydrogen-bond acceptors (Lipinski definition) is 17. The number of nitrogens with zero attached hydrogens (tertiary/aromatic N) is 5. The molecule has 1 aromatic rings. The van der Waals surface area contributed by atoms with Crippen LogP contribution in [0, 0.1) is 0 Å². The van der Waals surface area contributed by atoms with Crippen molar-refractivity contribution >= 4 is 71.7 Å². The molecule has 1 aromatic carbocycles. The van der Waals surface area contributed by atoms with Crippen LogP contribution in [0.2, 0.25) is 0 Å². The van der Waals surface area contributed by atoms with E-state index in [0.29, 0.717) is 77.4 Å². The zero-order chi connectivity index (χ0) is 39.5. The van der Waals surface area contributed by atoms with Crippen molar-refractivity contribution in [3.05, 3.63) is 29.8 Å². The minimum absolute atomic E-state index is 0.0242. The third-order valence-electron chi connectivity index (χ3n) is 9.62. The zero-order valence-electron chi connectivity index (χ0n) is 30.6. The number of hydrogen-bond donors (Lipinski definition) is 6. The average Bonchev–Trinajstić information content (AvgIpc) is 3.63. The summed E-state index contributed by atoms with van der Waals surface area (Å²) in [5, 5.41) is 24.3. The fourth-order valence-corrected chi connectivity index (χ4v) is 8.68. The molecule has 0 spiro atoms. The van der Waals surface area contributed by atoms with Crippen molar-refractivity contribution in [3.8, 4) is 0 Å². The predicted octanol–water partition coefficient (Wildman–Crippen LogP) is -4.77. The Morgan fingerprint density at radius 3 is 1.85 bits per heavy atom. The number of carbonyl (C=O) groups is 7. The van der Waals surface area contributed by atoms with Crippen LogP contribution in [0.25, 0.3) is 0 Å². The Morgan fingerprint density at radius 1 is 0.800 bits per heavy atom. The van der Waals surface area contributed by atoms with E-state index in [9.17, 15) is 43.6 Å². The van der Waals surface area contributed by atoms with Gasteiger partial charge in [0.2, 0.25) is 5.91 Å². The van der Waals surface area contributed by atoms with Crippen molar-refractivity contribution in [2.75, 3.05) is 97.1 Å². The van der Waals surface area contributed by atoms with Crippen LogP contribution in [-0.2, 0) is 39.4 Å². The summed E-state index contributed by atoms with van der Waals surface area (Å²) >= 11 is -3.97. The fraction of sp³-hybridized carbons (Fsp3) is 0.594. The van der Waals surface area contributed by atoms with E-state index in [1.807, 2.05) is 19.6 Å². The Bertz CT molecular complexity index is 1540. The van der Waals surface area contributed by atoms with Gasteiger partial charge in [-0.05, 0) is 44.0 Å². The molecule has 6 N–H and O–H groups in total. The molecule has 2 unspecified atom stereocenters. The molecule has 4 aliphatic rings. The third kappa shape index (κ3) is 12.9. The zero-order valence-corrected chi connectivity index (χ0v) is 33.1. The maximum Gasteiger partial charge on any atom is 0.475 e. The Kier molecular flexibility index (Phi) is 15.3. The quantitative estimate of drug-likeness (QED) is 0.0957. The number of rotatable bonds is 10. The predicted molar refractivity (Wildman–Crippen MR) is 193 cm³/mol. The molecule has 4 amide bonds. The topological polar surface area (TPSA) is 252 Å². The number of likely N-dealkylation sites (tertiary alicyclic amines) is 1. The van der Waals surface area contributed by atoms with Crippen molar-refractivity contribution in [2.45, 2.75) is 31.7 Å². The van der Waals surface area contributed by atoms with Gasteiger partial charge in [0.05, 0.1) is 11.6 Å². The Balaban J connectivity index is 1.08. The van der Waals surface area contributed by atoms with E-state index < -0.39 is 77.9 Å². The summed E-state index contributed by atoms with van der Waals surface area (Å²) in [6.07, 6.45) is 1.10. The molecule has 0 aliphatic carbocycles. The van der Waals surface area contributed by atoms with E-state index >= 15 is 0 Å². The van der Waals surface area contributed by atoms with E-state index in [-0.39, 0.29) is 38.3 Å². The molecule has 4 atom stereocenters. The Morgan fingerprint density at radius 2 is 1.33 bits per heavy atom. The molecule has 21 nitrogen and oxygen atoms in total. The average molecular weight is 830 g/mol. The summed E-state index contributed by atoms with van der Waals surface area (Å²) in [6, 6.07) is 5.19. The summed E-state index contributed by atoms with van der Waals surface area (Å²) in [5.74, 6) is -4.51. The SMILES string of the molecule is C[C@@H](NC(=O)c1ccc(NNC(=O)CNC(=O)CN2CCN3CCN4CCN(CC2)CC(=O)[O][Ga]([O]C(=O)C3)[O]C(=O)C4)cc1)C(=O)N1CCC[C@H]1B(O)O. The van der Waals surface area contributed by atoms with Crippen molar-refractivity contribution in [2.24, 2.45) is 0 Å². The van der Waals surface area contributed by atoms with Crippen molar-refractivity contribution in [1.29, 1.82) is 0 Å². The first-order chi connectivity index (χ1) is 26.3. The van der Waals surface area contributed by atoms with Crippen LogP contribution in [0.3, 0.4) is 0 Å². The molecular formula is C32H47BGaN9O12. The van der Waals surface area contributed by atoms with Gasteiger partial charge in [-0.1, -0.05) is 0 Å². The van der Waals surface area contributed by atoms with E-state index in [1.54, 1.807) is 12.1 Å². The number of anilines is 1. The Hall–Kier alpha value is -4.23. The second-order valence-corrected chi connectivity index (χ2v) is 16.4. The summed E-state index contributed by atoms with van der Waals surface area (Å²) in [5.41, 5.74) is 5.90. The van der Waals surface area contributed by atoms with Crippen LogP contribution in [0.5, 0.6) is 0 Å². The summed E-state index contributed by atoms with van der Waals surface area (Å²) in [7, 11) is -1.66. The van der Waals surface area contributed by atoms with E-state index in [2.05, 4.69) is 21.5 Å². The van der Waals surface area contributed by atoms with Gasteiger partial charge in [-0.2, -0.15) is 0 Å². The van der Waals surface area contributed by atoms with Gasteiger partial charge in [0.25, 0.3) is 5.91 Å². The number of benzene rings is 1. The molecule has 4 saturated heterocycles. The monoisotopic (exact) mass is 829 g/mol. The van der Waals surface area contributed by atoms with Crippen LogP contribution >= 0.6 is 0 Å². The van der Waals surface area contributed by atoms with Gasteiger partial charge in [0, 0.05) is 12.1 Å². The molecule has 4 heterocycles. The third-order valence-corrected chi connectivity index (χ3v) is 12.5. The molecule has 0 radical (unpaired) electrons. The minimum atomic E-state index is -3.97. The minimum Gasteiger partial charge on any atom is -0.426 e.